The predicted molar refractivity (Wildman–Crippen MR) is 132 cm³/mol. The summed E-state index contributed by atoms with van der Waals surface area (Å²) in [5.74, 6) is -0.957. The van der Waals surface area contributed by atoms with E-state index in [1.165, 1.54) is 38.5 Å². The molecule has 0 aliphatic rings. The second kappa shape index (κ2) is 19.7. The Morgan fingerprint density at radius 3 is 1.25 bits per heavy atom. The van der Waals surface area contributed by atoms with Crippen LogP contribution in [0.1, 0.15) is 143 Å². The molecule has 2 unspecified atom stereocenters. The van der Waals surface area contributed by atoms with E-state index in [-0.39, 0.29) is 19.3 Å². The summed E-state index contributed by atoms with van der Waals surface area (Å²) in [6, 6.07) is 0. The Hall–Kier alpha value is -0.780. The minimum atomic E-state index is -2.09. The molecule has 0 bridgehead atoms. The summed E-state index contributed by atoms with van der Waals surface area (Å²) in [7, 11) is 0. The highest BCUT2D eigenvalue weighted by Gasteiger charge is 2.47. The number of hydrogen-bond acceptors (Lipinski definition) is 5. The van der Waals surface area contributed by atoms with Crippen LogP contribution in [0, 0.1) is 0 Å². The third-order valence-electron chi connectivity index (χ3n) is 6.54. The van der Waals surface area contributed by atoms with Gasteiger partial charge in [-0.1, -0.05) is 111 Å². The van der Waals surface area contributed by atoms with Gasteiger partial charge < -0.3 is 15.3 Å². The third kappa shape index (κ3) is 13.1. The number of carbonyl (C=O) groups excluding carboxylic acids is 2. The standard InChI is InChI=1S/C27H52O5/c1-4-7-10-11-12-13-14-15-16-19-22-27(32,25(30)23(28)20-17-8-5-2)26(31)24(29)21-18-9-6-3/h25-26,30-32H,4-22H2,1-3H3. The third-order valence-corrected chi connectivity index (χ3v) is 6.54. The lowest BCUT2D eigenvalue weighted by Gasteiger charge is -2.36. The molecule has 0 fully saturated rings. The molecule has 0 saturated heterocycles. The van der Waals surface area contributed by atoms with E-state index in [2.05, 4.69) is 6.92 Å². The van der Waals surface area contributed by atoms with Crippen molar-refractivity contribution in [1.82, 2.24) is 0 Å². The lowest BCUT2D eigenvalue weighted by atomic mass is 9.79. The average molecular weight is 457 g/mol. The van der Waals surface area contributed by atoms with E-state index in [9.17, 15) is 24.9 Å². The highest BCUT2D eigenvalue weighted by Crippen LogP contribution is 2.28. The first kappa shape index (κ1) is 31.2. The summed E-state index contributed by atoms with van der Waals surface area (Å²) in [5, 5.41) is 32.5. The van der Waals surface area contributed by atoms with E-state index in [0.717, 1.165) is 44.9 Å². The number of Topliss-reactive ketones (excluding diaryl/α,β-unsaturated/α-hetero) is 2. The lowest BCUT2D eigenvalue weighted by Crippen LogP contribution is -2.58. The van der Waals surface area contributed by atoms with Crippen LogP contribution in [0.2, 0.25) is 0 Å². The van der Waals surface area contributed by atoms with Gasteiger partial charge in [-0.15, -0.1) is 0 Å². The molecule has 0 rings (SSSR count). The zero-order chi connectivity index (χ0) is 24.2. The summed E-state index contributed by atoms with van der Waals surface area (Å²) >= 11 is 0. The minimum Gasteiger partial charge on any atom is -0.383 e. The lowest BCUT2D eigenvalue weighted by molar-refractivity contribution is -0.174. The Morgan fingerprint density at radius 1 is 0.562 bits per heavy atom. The molecule has 5 nitrogen and oxygen atoms in total. The predicted octanol–water partition coefficient (Wildman–Crippen LogP) is 6.05. The molecule has 0 spiro atoms. The van der Waals surface area contributed by atoms with Gasteiger partial charge in [-0.2, -0.15) is 0 Å². The van der Waals surface area contributed by atoms with E-state index in [0.29, 0.717) is 19.3 Å². The number of aliphatic hydroxyl groups excluding tert-OH is 2. The second-order valence-electron chi connectivity index (χ2n) is 9.58. The zero-order valence-corrected chi connectivity index (χ0v) is 21.2. The molecule has 0 aromatic rings. The topological polar surface area (TPSA) is 94.8 Å². The molecular weight excluding hydrogens is 404 g/mol. The Labute approximate surface area is 197 Å². The Balaban J connectivity index is 4.74. The Kier molecular flexibility index (Phi) is 19.2. The maximum Gasteiger partial charge on any atom is 0.164 e. The van der Waals surface area contributed by atoms with Crippen LogP contribution in [0.4, 0.5) is 0 Å². The van der Waals surface area contributed by atoms with Crippen LogP contribution in [-0.4, -0.2) is 44.7 Å². The molecule has 0 aromatic carbocycles. The average Bonchev–Trinajstić information content (AvgIpc) is 2.79. The molecule has 0 amide bonds. The molecular formula is C27H52O5. The van der Waals surface area contributed by atoms with Gasteiger partial charge in [0.25, 0.3) is 0 Å². The molecule has 0 saturated carbocycles. The number of ketones is 2. The smallest absolute Gasteiger partial charge is 0.164 e. The van der Waals surface area contributed by atoms with Gasteiger partial charge in [0, 0.05) is 12.8 Å². The van der Waals surface area contributed by atoms with Crippen molar-refractivity contribution < 1.29 is 24.9 Å². The molecule has 2 atom stereocenters. The molecule has 32 heavy (non-hydrogen) atoms. The largest absolute Gasteiger partial charge is 0.383 e. The first-order valence-electron chi connectivity index (χ1n) is 13.5. The van der Waals surface area contributed by atoms with Gasteiger partial charge in [0.2, 0.25) is 0 Å². The van der Waals surface area contributed by atoms with E-state index in [4.69, 9.17) is 0 Å². The molecule has 0 aliphatic carbocycles. The van der Waals surface area contributed by atoms with Crippen LogP contribution >= 0.6 is 0 Å². The quantitative estimate of drug-likeness (QED) is 0.163. The molecule has 0 heterocycles. The van der Waals surface area contributed by atoms with Crippen LogP contribution in [0.15, 0.2) is 0 Å². The summed E-state index contributed by atoms with van der Waals surface area (Å²) in [6.45, 7) is 6.27. The fourth-order valence-corrected chi connectivity index (χ4v) is 4.25. The molecule has 0 radical (unpaired) electrons. The maximum atomic E-state index is 12.5. The molecule has 3 N–H and O–H groups in total. The summed E-state index contributed by atoms with van der Waals surface area (Å²) in [6.07, 6.45) is 13.0. The van der Waals surface area contributed by atoms with Gasteiger partial charge in [-0.05, 0) is 19.3 Å². The molecule has 190 valence electrons. The van der Waals surface area contributed by atoms with Gasteiger partial charge in [0.05, 0.1) is 0 Å². The second-order valence-corrected chi connectivity index (χ2v) is 9.58. The van der Waals surface area contributed by atoms with Crippen molar-refractivity contribution in [3.8, 4) is 0 Å². The van der Waals surface area contributed by atoms with E-state index >= 15 is 0 Å². The number of aliphatic hydroxyl groups is 3. The van der Waals surface area contributed by atoms with E-state index in [1.54, 1.807) is 0 Å². The summed E-state index contributed by atoms with van der Waals surface area (Å²) in [5.41, 5.74) is -2.09. The summed E-state index contributed by atoms with van der Waals surface area (Å²) in [4.78, 5) is 25.0. The SMILES string of the molecule is CCCCCCCCCCCCC(O)(C(O)C(=O)CCCCC)C(O)C(=O)CCCCC. The van der Waals surface area contributed by atoms with Crippen LogP contribution < -0.4 is 0 Å². The molecule has 5 heteroatoms. The van der Waals surface area contributed by atoms with Crippen LogP contribution in [0.25, 0.3) is 0 Å². The Morgan fingerprint density at radius 2 is 0.875 bits per heavy atom. The van der Waals surface area contributed by atoms with Crippen LogP contribution in [0.3, 0.4) is 0 Å². The van der Waals surface area contributed by atoms with Crippen molar-refractivity contribution in [2.45, 2.75) is 161 Å². The Bertz CT molecular complexity index is 449. The monoisotopic (exact) mass is 456 g/mol. The highest BCUT2D eigenvalue weighted by atomic mass is 16.4. The van der Waals surface area contributed by atoms with Gasteiger partial charge in [0.15, 0.2) is 11.6 Å². The fourth-order valence-electron chi connectivity index (χ4n) is 4.25. The summed E-state index contributed by atoms with van der Waals surface area (Å²) < 4.78 is 0. The van der Waals surface area contributed by atoms with Crippen LogP contribution in [-0.2, 0) is 9.59 Å². The zero-order valence-electron chi connectivity index (χ0n) is 21.2. The minimum absolute atomic E-state index is 0.0604. The van der Waals surface area contributed by atoms with Crippen molar-refractivity contribution in [2.24, 2.45) is 0 Å². The molecule has 0 aromatic heterocycles. The highest BCUT2D eigenvalue weighted by molar-refractivity contribution is 5.88. The fraction of sp³-hybridized carbons (Fsp3) is 0.926. The number of rotatable bonds is 23. The number of unbranched alkanes of at least 4 members (excludes halogenated alkanes) is 13. The maximum absolute atomic E-state index is 12.5. The van der Waals surface area contributed by atoms with Gasteiger partial charge in [-0.3, -0.25) is 9.59 Å². The van der Waals surface area contributed by atoms with Crippen LogP contribution in [0.5, 0.6) is 0 Å². The van der Waals surface area contributed by atoms with Crippen molar-refractivity contribution in [3.63, 3.8) is 0 Å². The first-order chi connectivity index (χ1) is 15.3. The van der Waals surface area contributed by atoms with Crippen molar-refractivity contribution >= 4 is 11.6 Å². The molecule has 0 aliphatic heterocycles. The van der Waals surface area contributed by atoms with Gasteiger partial charge in [-0.25, -0.2) is 0 Å². The normalized spacial score (nSPS) is 15.3. The van der Waals surface area contributed by atoms with Crippen molar-refractivity contribution in [1.29, 1.82) is 0 Å². The van der Waals surface area contributed by atoms with Crippen molar-refractivity contribution in [3.05, 3.63) is 0 Å². The van der Waals surface area contributed by atoms with Crippen molar-refractivity contribution in [2.75, 3.05) is 0 Å². The number of carbonyl (C=O) groups is 2. The van der Waals surface area contributed by atoms with Gasteiger partial charge in [0.1, 0.15) is 17.8 Å². The number of hydrogen-bond donors (Lipinski definition) is 3. The van der Waals surface area contributed by atoms with E-state index < -0.39 is 29.4 Å². The van der Waals surface area contributed by atoms with Gasteiger partial charge >= 0.3 is 0 Å². The first-order valence-corrected chi connectivity index (χ1v) is 13.5. The van der Waals surface area contributed by atoms with E-state index in [1.807, 2.05) is 13.8 Å².